The van der Waals surface area contributed by atoms with E-state index in [1.165, 1.54) is 75.5 Å². The molecule has 380 valence electrons. The van der Waals surface area contributed by atoms with Gasteiger partial charge < -0.3 is 39.3 Å². The number of ether oxygens (including phenoxy) is 3. The smallest absolute Gasteiger partial charge is 0.325 e. The van der Waals surface area contributed by atoms with Crippen LogP contribution in [0.1, 0.15) is 170 Å². The number of carboxylic acids is 3. The number of carboxylic acid groups (broad SMARTS) is 3. The van der Waals surface area contributed by atoms with E-state index < -0.39 is 55.5 Å². The third-order valence-electron chi connectivity index (χ3n) is 10.1. The van der Waals surface area contributed by atoms with E-state index in [-0.39, 0.29) is 91.3 Å². The van der Waals surface area contributed by atoms with Crippen molar-refractivity contribution in [3.05, 3.63) is 0 Å². The molecule has 0 aliphatic carbocycles. The number of nitrogens with zero attached hydrogens (tertiary/aromatic N) is 4. The summed E-state index contributed by atoms with van der Waals surface area (Å²) in [7, 11) is 0. The number of amides is 2. The molecular weight excluding hydrogens is 845 g/mol. The van der Waals surface area contributed by atoms with E-state index in [0.717, 1.165) is 48.3 Å². The molecule has 0 atom stereocenters. The summed E-state index contributed by atoms with van der Waals surface area (Å²) in [5.41, 5.74) is 0. The van der Waals surface area contributed by atoms with E-state index in [2.05, 4.69) is 13.8 Å². The lowest BCUT2D eigenvalue weighted by Crippen LogP contribution is -2.44. The van der Waals surface area contributed by atoms with Gasteiger partial charge in [-0.1, -0.05) is 124 Å². The van der Waals surface area contributed by atoms with Crippen LogP contribution in [0.4, 0.5) is 0 Å². The number of hydrogen-bond donors (Lipinski definition) is 3. The van der Waals surface area contributed by atoms with Crippen LogP contribution in [0.2, 0.25) is 0 Å². The molecule has 0 fully saturated rings. The minimum atomic E-state index is -1.18. The van der Waals surface area contributed by atoms with Crippen LogP contribution in [0.25, 0.3) is 0 Å². The highest BCUT2D eigenvalue weighted by molar-refractivity contribution is 5.82. The third kappa shape index (κ3) is 42.1. The second kappa shape index (κ2) is 44.9. The Morgan fingerprint density at radius 3 is 0.938 bits per heavy atom. The van der Waals surface area contributed by atoms with Gasteiger partial charge >= 0.3 is 35.8 Å². The molecule has 0 radical (unpaired) electrons. The number of unbranched alkanes of at least 4 members (excludes halogenated alkanes) is 16. The largest absolute Gasteiger partial charge is 0.480 e. The SMILES string of the molecule is C.CCCCCCCCCCCC(=O)N(CCN(CC(=O)O)CC(=O)O)CC(=O)O.CCCCCCCCCCCC(=O)N(CCN(CC(=O)OCC)CC(=O)OCC)CC(=O)OCC. The highest BCUT2D eigenvalue weighted by atomic mass is 16.5. The zero-order valence-electron chi connectivity index (χ0n) is 40.0. The van der Waals surface area contributed by atoms with E-state index in [1.54, 1.807) is 25.7 Å². The fourth-order valence-corrected chi connectivity index (χ4v) is 6.71. The molecule has 0 rings (SSSR count). The summed E-state index contributed by atoms with van der Waals surface area (Å²) in [6.07, 6.45) is 20.9. The molecule has 0 aliphatic rings. The fourth-order valence-electron chi connectivity index (χ4n) is 6.71. The van der Waals surface area contributed by atoms with Crippen LogP contribution in [-0.2, 0) is 52.6 Å². The van der Waals surface area contributed by atoms with Crippen LogP contribution in [0.3, 0.4) is 0 Å². The van der Waals surface area contributed by atoms with Crippen LogP contribution in [-0.4, -0.2) is 168 Å². The maximum Gasteiger partial charge on any atom is 0.325 e. The summed E-state index contributed by atoms with van der Waals surface area (Å²) in [6.45, 7) is 8.77. The molecule has 0 spiro atoms. The van der Waals surface area contributed by atoms with Crippen molar-refractivity contribution >= 4 is 47.6 Å². The van der Waals surface area contributed by atoms with E-state index in [1.807, 2.05) is 0 Å². The lowest BCUT2D eigenvalue weighted by Gasteiger charge is -2.26. The van der Waals surface area contributed by atoms with Gasteiger partial charge in [-0.2, -0.15) is 0 Å². The minimum Gasteiger partial charge on any atom is -0.480 e. The Balaban J connectivity index is -0.00000118. The minimum absolute atomic E-state index is 0. The Morgan fingerprint density at radius 1 is 0.354 bits per heavy atom. The number of carbonyl (C=O) groups excluding carboxylic acids is 5. The quantitative estimate of drug-likeness (QED) is 0.0330. The zero-order valence-corrected chi connectivity index (χ0v) is 40.0. The number of esters is 3. The van der Waals surface area contributed by atoms with Crippen LogP contribution in [0.15, 0.2) is 0 Å². The molecule has 3 N–H and O–H groups in total. The van der Waals surface area contributed by atoms with E-state index in [4.69, 9.17) is 29.5 Å². The van der Waals surface area contributed by atoms with Gasteiger partial charge in [0.1, 0.15) is 13.1 Å². The first-order valence-electron chi connectivity index (χ1n) is 23.8. The monoisotopic (exact) mass is 933 g/mol. The molecule has 0 aromatic carbocycles. The van der Waals surface area contributed by atoms with Crippen molar-refractivity contribution in [2.45, 2.75) is 170 Å². The van der Waals surface area contributed by atoms with Crippen molar-refractivity contribution in [1.29, 1.82) is 0 Å². The summed E-state index contributed by atoms with van der Waals surface area (Å²) >= 11 is 0. The Bertz CT molecular complexity index is 1270. The molecule has 18 heteroatoms. The maximum absolute atomic E-state index is 12.9. The summed E-state index contributed by atoms with van der Waals surface area (Å²) < 4.78 is 15.0. The summed E-state index contributed by atoms with van der Waals surface area (Å²) in [6, 6.07) is 0. The van der Waals surface area contributed by atoms with Crippen LogP contribution in [0.5, 0.6) is 0 Å². The summed E-state index contributed by atoms with van der Waals surface area (Å²) in [4.78, 5) is 99.3. The number of carbonyl (C=O) groups is 8. The molecule has 0 aliphatic heterocycles. The molecule has 0 saturated carbocycles. The predicted molar refractivity (Wildman–Crippen MR) is 249 cm³/mol. The van der Waals surface area contributed by atoms with Crippen LogP contribution >= 0.6 is 0 Å². The van der Waals surface area contributed by atoms with E-state index >= 15 is 0 Å². The summed E-state index contributed by atoms with van der Waals surface area (Å²) in [5, 5.41) is 26.7. The topological polar surface area (TPSA) is 238 Å². The molecule has 0 aromatic rings. The zero-order chi connectivity index (χ0) is 48.4. The first-order chi connectivity index (χ1) is 30.6. The van der Waals surface area contributed by atoms with Gasteiger partial charge in [0.05, 0.1) is 46.0 Å². The van der Waals surface area contributed by atoms with Crippen molar-refractivity contribution in [3.8, 4) is 0 Å². The van der Waals surface area contributed by atoms with Gasteiger partial charge in [-0.3, -0.25) is 48.2 Å². The standard InChI is InChI=1S/C26H48N2O7.C20H36N2O7.CH4/c1-5-9-10-11-12-13-14-15-16-17-23(29)28(22-26(32)35-8-4)19-18-27(20-24(30)33-6-2)21-25(31)34-7-3;1-2-3-4-5-6-7-8-9-10-11-17(23)22(16-20(28)29)13-12-21(14-18(24)25)15-19(26)27;/h5-22H2,1-4H3;2-16H2,1H3,(H,24,25)(H,26,27)(H,28,29);1H4. The molecule has 0 aromatic heterocycles. The van der Waals surface area contributed by atoms with Crippen LogP contribution < -0.4 is 0 Å². The number of aliphatic carboxylic acids is 3. The third-order valence-corrected chi connectivity index (χ3v) is 10.1. The summed E-state index contributed by atoms with van der Waals surface area (Å²) in [5.74, 6) is -5.36. The number of rotatable bonds is 41. The van der Waals surface area contributed by atoms with Gasteiger partial charge in [0.25, 0.3) is 0 Å². The van der Waals surface area contributed by atoms with Crippen molar-refractivity contribution in [2.24, 2.45) is 0 Å². The van der Waals surface area contributed by atoms with Crippen molar-refractivity contribution in [2.75, 3.05) is 85.3 Å². The fraction of sp³-hybridized carbons (Fsp3) is 0.830. The predicted octanol–water partition coefficient (Wildman–Crippen LogP) is 6.66. The average Bonchev–Trinajstić information content (AvgIpc) is 3.22. The van der Waals surface area contributed by atoms with Crippen molar-refractivity contribution in [3.63, 3.8) is 0 Å². The number of hydrogen-bond acceptors (Lipinski definition) is 13. The van der Waals surface area contributed by atoms with Crippen molar-refractivity contribution in [1.82, 2.24) is 19.6 Å². The second-order valence-corrected chi connectivity index (χ2v) is 15.8. The van der Waals surface area contributed by atoms with Crippen molar-refractivity contribution < 1.29 is 67.9 Å². The molecule has 0 saturated heterocycles. The average molecular weight is 933 g/mol. The van der Waals surface area contributed by atoms with Gasteiger partial charge in [0.2, 0.25) is 11.8 Å². The maximum atomic E-state index is 12.9. The lowest BCUT2D eigenvalue weighted by molar-refractivity contribution is -0.151. The molecule has 0 bridgehead atoms. The highest BCUT2D eigenvalue weighted by Crippen LogP contribution is 2.13. The lowest BCUT2D eigenvalue weighted by atomic mass is 10.1. The first-order valence-corrected chi connectivity index (χ1v) is 23.8. The van der Waals surface area contributed by atoms with Gasteiger partial charge in [-0.05, 0) is 33.6 Å². The normalized spacial score (nSPS) is 10.6. The van der Waals surface area contributed by atoms with Crippen LogP contribution in [0, 0.1) is 0 Å². The first kappa shape index (κ1) is 65.0. The Kier molecular flexibility index (Phi) is 44.8. The molecule has 0 unspecified atom stereocenters. The van der Waals surface area contributed by atoms with E-state index in [9.17, 15) is 38.4 Å². The highest BCUT2D eigenvalue weighted by Gasteiger charge is 2.23. The van der Waals surface area contributed by atoms with Gasteiger partial charge in [-0.25, -0.2) is 0 Å². The van der Waals surface area contributed by atoms with Gasteiger partial charge in [0, 0.05) is 39.0 Å². The Morgan fingerprint density at radius 2 is 0.631 bits per heavy atom. The molecule has 2 amide bonds. The Hall–Kier alpha value is -4.32. The molecule has 18 nitrogen and oxygen atoms in total. The van der Waals surface area contributed by atoms with E-state index in [0.29, 0.717) is 12.8 Å². The molecular formula is C47H88N4O14. The molecule has 65 heavy (non-hydrogen) atoms. The van der Waals surface area contributed by atoms with Gasteiger partial charge in [0.15, 0.2) is 0 Å². The second-order valence-electron chi connectivity index (χ2n) is 15.8. The molecule has 0 heterocycles. The van der Waals surface area contributed by atoms with Gasteiger partial charge in [-0.15, -0.1) is 0 Å². The Labute approximate surface area is 390 Å².